The highest BCUT2D eigenvalue weighted by Gasteiger charge is 2.36. The number of halogens is 1. The molecule has 0 aliphatic carbocycles. The molecule has 0 aromatic heterocycles. The van der Waals surface area contributed by atoms with Crippen LogP contribution < -0.4 is 19.7 Å². The molecule has 3 rings (SSSR count). The molecule has 0 unspecified atom stereocenters. The molecular weight excluding hydrogens is 487 g/mol. The highest BCUT2D eigenvalue weighted by Crippen LogP contribution is 2.34. The van der Waals surface area contributed by atoms with E-state index in [9.17, 15) is 14.4 Å². The predicted molar refractivity (Wildman–Crippen MR) is 117 cm³/mol. The SMILES string of the molecule is CCc1ccc(N2C(=O)NC(=O)C(=Cc3cc(I)c(OC)c(OC)c3)C2=O)cc1. The Morgan fingerprint density at radius 2 is 1.76 bits per heavy atom. The molecule has 0 radical (unpaired) electrons. The van der Waals surface area contributed by atoms with Crippen molar-refractivity contribution in [1.82, 2.24) is 5.32 Å². The maximum absolute atomic E-state index is 13.0. The Bertz CT molecular complexity index is 1010. The van der Waals surface area contributed by atoms with Crippen molar-refractivity contribution in [3.05, 3.63) is 56.7 Å². The third-order valence-corrected chi connectivity index (χ3v) is 5.27. The van der Waals surface area contributed by atoms with Gasteiger partial charge in [0, 0.05) is 0 Å². The number of imide groups is 2. The molecule has 4 amide bonds. The summed E-state index contributed by atoms with van der Waals surface area (Å²) < 4.78 is 11.4. The van der Waals surface area contributed by atoms with Crippen LogP contribution in [0.2, 0.25) is 0 Å². The Kier molecular flexibility index (Phi) is 6.21. The molecule has 8 heteroatoms. The summed E-state index contributed by atoms with van der Waals surface area (Å²) in [6.45, 7) is 2.01. The fourth-order valence-corrected chi connectivity index (χ4v) is 3.81. The van der Waals surface area contributed by atoms with E-state index in [0.717, 1.165) is 20.5 Å². The standard InChI is InChI=1S/C21H19IN2O5/c1-4-12-5-7-14(8-6-12)24-20(26)15(19(25)23-21(24)27)9-13-10-16(22)18(29-3)17(11-13)28-2/h5-11H,4H2,1-3H3,(H,23,25,27). The molecule has 1 aliphatic rings. The van der Waals surface area contributed by atoms with Gasteiger partial charge in [0.1, 0.15) is 5.57 Å². The number of rotatable bonds is 5. The zero-order valence-corrected chi connectivity index (χ0v) is 18.3. The van der Waals surface area contributed by atoms with Gasteiger partial charge in [0.05, 0.1) is 23.5 Å². The average molecular weight is 506 g/mol. The van der Waals surface area contributed by atoms with Gasteiger partial charge >= 0.3 is 6.03 Å². The molecule has 0 bridgehead atoms. The van der Waals surface area contributed by atoms with Crippen molar-refractivity contribution in [1.29, 1.82) is 0 Å². The summed E-state index contributed by atoms with van der Waals surface area (Å²) in [4.78, 5) is 38.6. The normalized spacial score (nSPS) is 15.5. The van der Waals surface area contributed by atoms with Crippen LogP contribution in [0, 0.1) is 3.57 Å². The van der Waals surface area contributed by atoms with Crippen molar-refractivity contribution in [2.45, 2.75) is 13.3 Å². The van der Waals surface area contributed by atoms with Gasteiger partial charge in [-0.15, -0.1) is 0 Å². The number of aryl methyl sites for hydroxylation is 1. The summed E-state index contributed by atoms with van der Waals surface area (Å²) in [6, 6.07) is 9.69. The largest absolute Gasteiger partial charge is 0.493 e. The van der Waals surface area contributed by atoms with Gasteiger partial charge in [-0.1, -0.05) is 19.1 Å². The van der Waals surface area contributed by atoms with Crippen LogP contribution in [0.15, 0.2) is 42.0 Å². The molecule has 29 heavy (non-hydrogen) atoms. The number of hydrogen-bond donors (Lipinski definition) is 1. The van der Waals surface area contributed by atoms with E-state index in [2.05, 4.69) is 27.9 Å². The lowest BCUT2D eigenvalue weighted by Crippen LogP contribution is -2.54. The minimum Gasteiger partial charge on any atom is -0.493 e. The number of amides is 4. The van der Waals surface area contributed by atoms with Crippen LogP contribution in [-0.4, -0.2) is 32.1 Å². The quantitative estimate of drug-likeness (QED) is 0.381. The zero-order valence-electron chi connectivity index (χ0n) is 16.1. The number of hydrogen-bond acceptors (Lipinski definition) is 5. The fourth-order valence-electron chi connectivity index (χ4n) is 2.96. The van der Waals surface area contributed by atoms with Gasteiger partial charge in [0.2, 0.25) is 0 Å². The topological polar surface area (TPSA) is 84.9 Å². The number of carbonyl (C=O) groups is 3. The second-order valence-corrected chi connectivity index (χ2v) is 7.38. The Morgan fingerprint density at radius 1 is 1.07 bits per heavy atom. The summed E-state index contributed by atoms with van der Waals surface area (Å²) in [7, 11) is 3.03. The average Bonchev–Trinajstić information content (AvgIpc) is 2.71. The van der Waals surface area contributed by atoms with Gasteiger partial charge in [-0.25, -0.2) is 9.69 Å². The number of benzene rings is 2. The van der Waals surface area contributed by atoms with Crippen molar-refractivity contribution in [2.24, 2.45) is 0 Å². The highest BCUT2D eigenvalue weighted by atomic mass is 127. The van der Waals surface area contributed by atoms with E-state index in [-0.39, 0.29) is 5.57 Å². The van der Waals surface area contributed by atoms with Gasteiger partial charge in [0.25, 0.3) is 11.8 Å². The zero-order chi connectivity index (χ0) is 21.1. The Hall–Kier alpha value is -2.88. The van der Waals surface area contributed by atoms with Gasteiger partial charge < -0.3 is 9.47 Å². The summed E-state index contributed by atoms with van der Waals surface area (Å²) in [5.74, 6) is -0.403. The third kappa shape index (κ3) is 4.12. The Morgan fingerprint density at radius 3 is 2.34 bits per heavy atom. The molecule has 1 fully saturated rings. The van der Waals surface area contributed by atoms with Gasteiger partial charge in [-0.2, -0.15) is 0 Å². The van der Waals surface area contributed by atoms with Gasteiger partial charge in [0.15, 0.2) is 11.5 Å². The molecule has 2 aromatic carbocycles. The lowest BCUT2D eigenvalue weighted by atomic mass is 10.1. The lowest BCUT2D eigenvalue weighted by molar-refractivity contribution is -0.122. The van der Waals surface area contributed by atoms with Crippen LogP contribution in [0.25, 0.3) is 6.08 Å². The summed E-state index contributed by atoms with van der Waals surface area (Å²) >= 11 is 2.08. The number of anilines is 1. The predicted octanol–water partition coefficient (Wildman–Crippen LogP) is 3.54. The number of carbonyl (C=O) groups excluding carboxylic acids is 3. The van der Waals surface area contributed by atoms with Crippen molar-refractivity contribution in [3.63, 3.8) is 0 Å². The van der Waals surface area contributed by atoms with Crippen molar-refractivity contribution in [2.75, 3.05) is 19.1 Å². The van der Waals surface area contributed by atoms with E-state index in [1.165, 1.54) is 20.3 Å². The van der Waals surface area contributed by atoms with Crippen LogP contribution in [0.5, 0.6) is 11.5 Å². The van der Waals surface area contributed by atoms with E-state index in [1.54, 1.807) is 24.3 Å². The first-order valence-electron chi connectivity index (χ1n) is 8.81. The summed E-state index contributed by atoms with van der Waals surface area (Å²) in [6.07, 6.45) is 2.27. The third-order valence-electron chi connectivity index (χ3n) is 4.47. The number of nitrogens with one attached hydrogen (secondary N) is 1. The maximum atomic E-state index is 13.0. The molecule has 1 aliphatic heterocycles. The summed E-state index contributed by atoms with van der Waals surface area (Å²) in [5.41, 5.74) is 1.89. The van der Waals surface area contributed by atoms with E-state index >= 15 is 0 Å². The van der Waals surface area contributed by atoms with E-state index in [0.29, 0.717) is 22.7 Å². The monoisotopic (exact) mass is 506 g/mol. The first-order chi connectivity index (χ1) is 13.9. The number of ether oxygens (including phenoxy) is 2. The van der Waals surface area contributed by atoms with Crippen molar-refractivity contribution < 1.29 is 23.9 Å². The minimum absolute atomic E-state index is 0.146. The Labute approximate surface area is 181 Å². The molecule has 0 atom stereocenters. The molecule has 150 valence electrons. The maximum Gasteiger partial charge on any atom is 0.335 e. The molecular formula is C21H19IN2O5. The lowest BCUT2D eigenvalue weighted by Gasteiger charge is -2.26. The molecule has 2 aromatic rings. The molecule has 0 spiro atoms. The van der Waals surface area contributed by atoms with Crippen LogP contribution in [0.3, 0.4) is 0 Å². The first kappa shape index (κ1) is 20.8. The minimum atomic E-state index is -0.775. The van der Waals surface area contributed by atoms with Crippen molar-refractivity contribution in [3.8, 4) is 11.5 Å². The van der Waals surface area contributed by atoms with E-state index in [4.69, 9.17) is 9.47 Å². The number of barbiturate groups is 1. The van der Waals surface area contributed by atoms with E-state index < -0.39 is 17.8 Å². The number of urea groups is 1. The van der Waals surface area contributed by atoms with E-state index in [1.807, 2.05) is 19.1 Å². The van der Waals surface area contributed by atoms with Crippen LogP contribution in [-0.2, 0) is 16.0 Å². The smallest absolute Gasteiger partial charge is 0.335 e. The molecule has 7 nitrogen and oxygen atoms in total. The molecule has 1 N–H and O–H groups in total. The fraction of sp³-hybridized carbons (Fsp3) is 0.190. The van der Waals surface area contributed by atoms with Crippen LogP contribution in [0.4, 0.5) is 10.5 Å². The molecule has 1 heterocycles. The number of methoxy groups -OCH3 is 2. The summed E-state index contributed by atoms with van der Waals surface area (Å²) in [5, 5.41) is 2.22. The van der Waals surface area contributed by atoms with Gasteiger partial charge in [-0.3, -0.25) is 14.9 Å². The first-order valence-corrected chi connectivity index (χ1v) is 9.89. The molecule has 1 saturated heterocycles. The second-order valence-electron chi connectivity index (χ2n) is 6.22. The Balaban J connectivity index is 2.02. The second kappa shape index (κ2) is 8.64. The van der Waals surface area contributed by atoms with Crippen LogP contribution >= 0.6 is 22.6 Å². The van der Waals surface area contributed by atoms with Crippen LogP contribution in [0.1, 0.15) is 18.1 Å². The molecule has 0 saturated carbocycles. The number of nitrogens with zero attached hydrogens (tertiary/aromatic N) is 1. The van der Waals surface area contributed by atoms with Gasteiger partial charge in [-0.05, 0) is 70.5 Å². The van der Waals surface area contributed by atoms with Crippen molar-refractivity contribution >= 4 is 52.2 Å². The highest BCUT2D eigenvalue weighted by molar-refractivity contribution is 14.1.